The molecular weight excluding hydrogens is 324 g/mol. The lowest BCUT2D eigenvalue weighted by Crippen LogP contribution is -2.42. The fourth-order valence-corrected chi connectivity index (χ4v) is 2.25. The van der Waals surface area contributed by atoms with Crippen LogP contribution in [0.1, 0.15) is 40.0 Å². The molecule has 8 heteroatoms. The molecule has 8 nitrogen and oxygen atoms in total. The predicted octanol–water partition coefficient (Wildman–Crippen LogP) is 1.26. The minimum Gasteiger partial charge on any atom is -0.444 e. The van der Waals surface area contributed by atoms with Gasteiger partial charge in [0.1, 0.15) is 5.60 Å². The number of carbonyl (C=O) groups excluding carboxylic acids is 1. The number of hydrogen-bond donors (Lipinski definition) is 3. The molecule has 0 unspecified atom stereocenters. The van der Waals surface area contributed by atoms with E-state index in [1.807, 2.05) is 20.8 Å². The summed E-state index contributed by atoms with van der Waals surface area (Å²) in [6.45, 7) is 9.65. The summed E-state index contributed by atoms with van der Waals surface area (Å²) >= 11 is 0. The zero-order valence-electron chi connectivity index (χ0n) is 16.0. The molecule has 0 aliphatic carbocycles. The summed E-state index contributed by atoms with van der Waals surface area (Å²) in [6.07, 6.45) is 2.81. The SMILES string of the molecule is CN=C(NCCCOC1CCOCC1)NCCNC(=O)OC(C)(C)C. The van der Waals surface area contributed by atoms with E-state index in [1.54, 1.807) is 7.05 Å². The fourth-order valence-electron chi connectivity index (χ4n) is 2.25. The van der Waals surface area contributed by atoms with Crippen molar-refractivity contribution >= 4 is 12.1 Å². The van der Waals surface area contributed by atoms with Crippen molar-refractivity contribution < 1.29 is 19.0 Å². The van der Waals surface area contributed by atoms with Gasteiger partial charge in [0.25, 0.3) is 0 Å². The Labute approximate surface area is 151 Å². The summed E-state index contributed by atoms with van der Waals surface area (Å²) in [7, 11) is 1.72. The number of nitrogens with one attached hydrogen (secondary N) is 3. The number of amides is 1. The minimum atomic E-state index is -0.484. The minimum absolute atomic E-state index is 0.338. The van der Waals surface area contributed by atoms with Crippen LogP contribution in [0.4, 0.5) is 4.79 Å². The molecule has 0 atom stereocenters. The first-order chi connectivity index (χ1) is 11.9. The van der Waals surface area contributed by atoms with Crippen LogP contribution in [-0.2, 0) is 14.2 Å². The molecular formula is C17H34N4O4. The molecule has 0 bridgehead atoms. The molecule has 1 heterocycles. The van der Waals surface area contributed by atoms with Crippen LogP contribution in [0.25, 0.3) is 0 Å². The maximum absolute atomic E-state index is 11.5. The quantitative estimate of drug-likeness (QED) is 0.344. The molecule has 146 valence electrons. The zero-order chi connectivity index (χ0) is 18.5. The lowest BCUT2D eigenvalue weighted by Gasteiger charge is -2.22. The zero-order valence-corrected chi connectivity index (χ0v) is 16.0. The molecule has 1 rings (SSSR count). The summed E-state index contributed by atoms with van der Waals surface area (Å²) in [6, 6.07) is 0. The van der Waals surface area contributed by atoms with Gasteiger partial charge in [0.15, 0.2) is 5.96 Å². The van der Waals surface area contributed by atoms with E-state index < -0.39 is 11.7 Å². The van der Waals surface area contributed by atoms with Crippen LogP contribution < -0.4 is 16.0 Å². The lowest BCUT2D eigenvalue weighted by atomic mass is 10.1. The van der Waals surface area contributed by atoms with E-state index in [4.69, 9.17) is 14.2 Å². The first-order valence-corrected chi connectivity index (χ1v) is 9.01. The van der Waals surface area contributed by atoms with Crippen LogP contribution >= 0.6 is 0 Å². The van der Waals surface area contributed by atoms with E-state index >= 15 is 0 Å². The smallest absolute Gasteiger partial charge is 0.407 e. The van der Waals surface area contributed by atoms with Crippen molar-refractivity contribution in [3.63, 3.8) is 0 Å². The maximum Gasteiger partial charge on any atom is 0.407 e. The molecule has 0 aromatic heterocycles. The van der Waals surface area contributed by atoms with Gasteiger partial charge in [-0.05, 0) is 40.0 Å². The van der Waals surface area contributed by atoms with Gasteiger partial charge in [-0.3, -0.25) is 4.99 Å². The molecule has 0 aromatic rings. The Morgan fingerprint density at radius 1 is 1.12 bits per heavy atom. The van der Waals surface area contributed by atoms with Crippen LogP contribution in [0.2, 0.25) is 0 Å². The summed E-state index contributed by atoms with van der Waals surface area (Å²) in [5.74, 6) is 0.706. The average molecular weight is 358 g/mol. The lowest BCUT2D eigenvalue weighted by molar-refractivity contribution is -0.0320. The van der Waals surface area contributed by atoms with Gasteiger partial charge in [0, 0.05) is 46.5 Å². The van der Waals surface area contributed by atoms with Gasteiger partial charge in [-0.1, -0.05) is 0 Å². The normalized spacial score (nSPS) is 16.4. The van der Waals surface area contributed by atoms with E-state index in [0.29, 0.717) is 25.2 Å². The molecule has 1 aliphatic rings. The van der Waals surface area contributed by atoms with E-state index in [0.717, 1.165) is 45.6 Å². The monoisotopic (exact) mass is 358 g/mol. The highest BCUT2D eigenvalue weighted by Crippen LogP contribution is 2.10. The third-order valence-corrected chi connectivity index (χ3v) is 3.44. The fraction of sp³-hybridized carbons (Fsp3) is 0.882. The summed E-state index contributed by atoms with van der Waals surface area (Å²) < 4.78 is 16.3. The van der Waals surface area contributed by atoms with Crippen molar-refractivity contribution in [1.29, 1.82) is 0 Å². The number of guanidine groups is 1. The van der Waals surface area contributed by atoms with Crippen molar-refractivity contribution in [2.45, 2.75) is 51.7 Å². The predicted molar refractivity (Wildman–Crippen MR) is 98.0 cm³/mol. The first kappa shape index (κ1) is 21.5. The second kappa shape index (κ2) is 11.9. The molecule has 1 amide bonds. The Hall–Kier alpha value is -1.54. The van der Waals surface area contributed by atoms with Gasteiger partial charge in [0.2, 0.25) is 0 Å². The Bertz CT molecular complexity index is 404. The number of hydrogen-bond acceptors (Lipinski definition) is 5. The van der Waals surface area contributed by atoms with Crippen molar-refractivity contribution in [3.8, 4) is 0 Å². The van der Waals surface area contributed by atoms with Gasteiger partial charge in [0.05, 0.1) is 6.10 Å². The van der Waals surface area contributed by atoms with Crippen molar-refractivity contribution in [3.05, 3.63) is 0 Å². The van der Waals surface area contributed by atoms with Crippen molar-refractivity contribution in [2.75, 3.05) is 46.5 Å². The standard InChI is InChI=1S/C17H34N4O4/c1-17(2,3)25-16(22)21-10-9-20-15(18-4)19-8-5-11-24-14-6-12-23-13-7-14/h14H,5-13H2,1-4H3,(H,21,22)(H2,18,19,20). The summed E-state index contributed by atoms with van der Waals surface area (Å²) in [4.78, 5) is 15.7. The molecule has 1 saturated heterocycles. The first-order valence-electron chi connectivity index (χ1n) is 9.01. The maximum atomic E-state index is 11.5. The highest BCUT2D eigenvalue weighted by molar-refractivity contribution is 5.79. The van der Waals surface area contributed by atoms with Gasteiger partial charge < -0.3 is 30.2 Å². The van der Waals surface area contributed by atoms with E-state index in [1.165, 1.54) is 0 Å². The average Bonchev–Trinajstić information content (AvgIpc) is 2.55. The molecule has 0 radical (unpaired) electrons. The molecule has 25 heavy (non-hydrogen) atoms. The van der Waals surface area contributed by atoms with Crippen molar-refractivity contribution in [1.82, 2.24) is 16.0 Å². The summed E-state index contributed by atoms with van der Waals surface area (Å²) in [5, 5.41) is 9.06. The number of aliphatic imine (C=N–C) groups is 1. The molecule has 0 aromatic carbocycles. The second-order valence-corrected chi connectivity index (χ2v) is 6.89. The van der Waals surface area contributed by atoms with E-state index in [2.05, 4.69) is 20.9 Å². The number of nitrogens with zero attached hydrogens (tertiary/aromatic N) is 1. The van der Waals surface area contributed by atoms with Gasteiger partial charge >= 0.3 is 6.09 Å². The Morgan fingerprint density at radius 2 is 1.76 bits per heavy atom. The molecule has 3 N–H and O–H groups in total. The van der Waals surface area contributed by atoms with Crippen LogP contribution in [0.15, 0.2) is 4.99 Å². The van der Waals surface area contributed by atoms with Gasteiger partial charge in [-0.25, -0.2) is 4.79 Å². The van der Waals surface area contributed by atoms with Crippen molar-refractivity contribution in [2.24, 2.45) is 4.99 Å². The summed E-state index contributed by atoms with van der Waals surface area (Å²) in [5.41, 5.74) is -0.484. The Kier molecular flexibility index (Phi) is 10.3. The number of rotatable bonds is 8. The van der Waals surface area contributed by atoms with Crippen LogP contribution in [0.5, 0.6) is 0 Å². The van der Waals surface area contributed by atoms with Gasteiger partial charge in [-0.15, -0.1) is 0 Å². The Balaban J connectivity index is 2.01. The highest BCUT2D eigenvalue weighted by atomic mass is 16.6. The Morgan fingerprint density at radius 3 is 2.40 bits per heavy atom. The largest absolute Gasteiger partial charge is 0.444 e. The third-order valence-electron chi connectivity index (χ3n) is 3.44. The highest BCUT2D eigenvalue weighted by Gasteiger charge is 2.15. The van der Waals surface area contributed by atoms with Crippen LogP contribution in [0.3, 0.4) is 0 Å². The topological polar surface area (TPSA) is 93.2 Å². The third kappa shape index (κ3) is 11.6. The molecule has 1 aliphatic heterocycles. The van der Waals surface area contributed by atoms with Gasteiger partial charge in [-0.2, -0.15) is 0 Å². The van der Waals surface area contributed by atoms with E-state index in [9.17, 15) is 4.79 Å². The number of carbonyl (C=O) groups is 1. The molecule has 0 spiro atoms. The molecule has 0 saturated carbocycles. The second-order valence-electron chi connectivity index (χ2n) is 6.89. The number of alkyl carbamates (subject to hydrolysis) is 1. The van der Waals surface area contributed by atoms with Crippen LogP contribution in [0, 0.1) is 0 Å². The van der Waals surface area contributed by atoms with Crippen LogP contribution in [-0.4, -0.2) is 70.3 Å². The number of ether oxygens (including phenoxy) is 3. The molecule has 1 fully saturated rings. The van der Waals surface area contributed by atoms with E-state index in [-0.39, 0.29) is 0 Å².